The van der Waals surface area contributed by atoms with Crippen molar-refractivity contribution in [3.8, 4) is 0 Å². The zero-order valence-electron chi connectivity index (χ0n) is 4.20. The minimum Gasteiger partial charge on any atom is -0.308 e. The van der Waals surface area contributed by atoms with Gasteiger partial charge in [-0.15, -0.1) is 24.0 Å². The number of hydrogen-bond acceptors (Lipinski definition) is 1. The van der Waals surface area contributed by atoms with Gasteiger partial charge in [0.05, 0.1) is 5.88 Å². The summed E-state index contributed by atoms with van der Waals surface area (Å²) in [6, 6.07) is 0. The summed E-state index contributed by atoms with van der Waals surface area (Å²) in [6.07, 6.45) is 0.781. The average Bonchev–Trinajstić information content (AvgIpc) is 1.65. The Bertz CT molecular complexity index is 47.7. The minimum absolute atomic E-state index is 0. The predicted molar refractivity (Wildman–Crippen MR) is 36.0 cm³/mol. The molecule has 3 heteroatoms. The standard InChI is InChI=1S/C4H8ClN.ClH/c1-2-4(6)3-5;/h6H,2-3H2,1H3;1H. The van der Waals surface area contributed by atoms with E-state index in [0.29, 0.717) is 11.6 Å². The molecule has 0 fully saturated rings. The summed E-state index contributed by atoms with van der Waals surface area (Å²) in [5.74, 6) is 0.385. The SMILES string of the molecule is CCC(=N)CCl.Cl. The van der Waals surface area contributed by atoms with Crippen LogP contribution in [-0.4, -0.2) is 11.6 Å². The first-order chi connectivity index (χ1) is 2.81. The minimum atomic E-state index is 0. The van der Waals surface area contributed by atoms with Crippen molar-refractivity contribution in [3.05, 3.63) is 0 Å². The molecular formula is C4H9Cl2N. The van der Waals surface area contributed by atoms with E-state index in [1.807, 2.05) is 6.92 Å². The third-order valence-electron chi connectivity index (χ3n) is 0.588. The summed E-state index contributed by atoms with van der Waals surface area (Å²) >= 11 is 5.23. The molecule has 0 aliphatic carbocycles. The molecule has 0 aromatic heterocycles. The Morgan fingerprint density at radius 3 is 2.14 bits per heavy atom. The van der Waals surface area contributed by atoms with Crippen molar-refractivity contribution in [3.63, 3.8) is 0 Å². The maximum Gasteiger partial charge on any atom is 0.0600 e. The van der Waals surface area contributed by atoms with Crippen molar-refractivity contribution in [1.82, 2.24) is 0 Å². The Morgan fingerprint density at radius 2 is 2.14 bits per heavy atom. The summed E-state index contributed by atoms with van der Waals surface area (Å²) in [5, 5.41) is 6.85. The molecule has 0 aliphatic heterocycles. The van der Waals surface area contributed by atoms with Gasteiger partial charge in [-0.3, -0.25) is 0 Å². The molecule has 0 rings (SSSR count). The molecule has 1 nitrogen and oxygen atoms in total. The van der Waals surface area contributed by atoms with Crippen LogP contribution in [0.4, 0.5) is 0 Å². The van der Waals surface area contributed by atoms with Crippen molar-refractivity contribution >= 4 is 29.7 Å². The number of rotatable bonds is 2. The number of alkyl halides is 1. The van der Waals surface area contributed by atoms with Gasteiger partial charge in [0.1, 0.15) is 0 Å². The summed E-state index contributed by atoms with van der Waals surface area (Å²) in [4.78, 5) is 0. The van der Waals surface area contributed by atoms with Gasteiger partial charge in [0.15, 0.2) is 0 Å². The fraction of sp³-hybridized carbons (Fsp3) is 0.750. The van der Waals surface area contributed by atoms with Crippen LogP contribution < -0.4 is 0 Å². The van der Waals surface area contributed by atoms with E-state index in [0.717, 1.165) is 6.42 Å². The third-order valence-corrected chi connectivity index (χ3v) is 0.911. The maximum atomic E-state index is 6.85. The zero-order valence-corrected chi connectivity index (χ0v) is 5.77. The summed E-state index contributed by atoms with van der Waals surface area (Å²) in [6.45, 7) is 1.92. The number of hydrogen-bond donors (Lipinski definition) is 1. The van der Waals surface area contributed by atoms with Crippen LogP contribution in [0.2, 0.25) is 0 Å². The molecule has 0 aromatic carbocycles. The first kappa shape index (κ1) is 10.3. The molecular weight excluding hydrogens is 133 g/mol. The second kappa shape index (κ2) is 6.25. The van der Waals surface area contributed by atoms with Gasteiger partial charge in [0, 0.05) is 5.71 Å². The lowest BCUT2D eigenvalue weighted by molar-refractivity contribution is 1.23. The van der Waals surface area contributed by atoms with Crippen LogP contribution >= 0.6 is 24.0 Å². The van der Waals surface area contributed by atoms with E-state index >= 15 is 0 Å². The Morgan fingerprint density at radius 1 is 1.71 bits per heavy atom. The fourth-order valence-electron chi connectivity index (χ4n) is 0.0945. The van der Waals surface area contributed by atoms with E-state index in [1.54, 1.807) is 0 Å². The fourth-order valence-corrected chi connectivity index (χ4v) is 0.283. The van der Waals surface area contributed by atoms with Gasteiger partial charge in [-0.05, 0) is 6.42 Å². The topological polar surface area (TPSA) is 23.9 Å². The molecule has 0 spiro atoms. The van der Waals surface area contributed by atoms with E-state index < -0.39 is 0 Å². The molecule has 7 heavy (non-hydrogen) atoms. The summed E-state index contributed by atoms with van der Waals surface area (Å²) in [7, 11) is 0. The van der Waals surface area contributed by atoms with Crippen molar-refractivity contribution in [2.75, 3.05) is 5.88 Å². The maximum absolute atomic E-state index is 6.85. The highest BCUT2D eigenvalue weighted by atomic mass is 35.5. The largest absolute Gasteiger partial charge is 0.308 e. The van der Waals surface area contributed by atoms with Crippen LogP contribution in [-0.2, 0) is 0 Å². The van der Waals surface area contributed by atoms with Crippen LogP contribution in [0.5, 0.6) is 0 Å². The van der Waals surface area contributed by atoms with Crippen molar-refractivity contribution in [2.45, 2.75) is 13.3 Å². The molecule has 0 atom stereocenters. The molecule has 0 radical (unpaired) electrons. The predicted octanol–water partition coefficient (Wildman–Crippen LogP) is 2.08. The van der Waals surface area contributed by atoms with Gasteiger partial charge in [-0.25, -0.2) is 0 Å². The molecule has 0 aliphatic rings. The lowest BCUT2D eigenvalue weighted by atomic mass is 10.3. The molecule has 0 amide bonds. The van der Waals surface area contributed by atoms with Crippen molar-refractivity contribution in [2.24, 2.45) is 0 Å². The number of nitrogens with one attached hydrogen (secondary N) is 1. The highest BCUT2D eigenvalue weighted by Gasteiger charge is 1.83. The Balaban J connectivity index is 0. The monoisotopic (exact) mass is 141 g/mol. The van der Waals surface area contributed by atoms with Gasteiger partial charge in [-0.1, -0.05) is 6.92 Å². The van der Waals surface area contributed by atoms with E-state index in [9.17, 15) is 0 Å². The van der Waals surface area contributed by atoms with Crippen LogP contribution in [0.3, 0.4) is 0 Å². The van der Waals surface area contributed by atoms with E-state index in [4.69, 9.17) is 17.0 Å². The van der Waals surface area contributed by atoms with Crippen LogP contribution in [0, 0.1) is 5.41 Å². The first-order valence-electron chi connectivity index (χ1n) is 1.93. The second-order valence-electron chi connectivity index (χ2n) is 1.09. The lowest BCUT2D eigenvalue weighted by Crippen LogP contribution is -1.92. The smallest absolute Gasteiger partial charge is 0.0600 e. The Labute approximate surface area is 55.0 Å². The molecule has 0 bridgehead atoms. The van der Waals surface area contributed by atoms with Gasteiger partial charge in [-0.2, -0.15) is 0 Å². The van der Waals surface area contributed by atoms with Crippen LogP contribution in [0.25, 0.3) is 0 Å². The highest BCUT2D eigenvalue weighted by Crippen LogP contribution is 1.82. The van der Waals surface area contributed by atoms with E-state index in [2.05, 4.69) is 0 Å². The molecule has 0 heterocycles. The molecule has 1 N–H and O–H groups in total. The van der Waals surface area contributed by atoms with Gasteiger partial charge >= 0.3 is 0 Å². The molecule has 44 valence electrons. The van der Waals surface area contributed by atoms with Crippen LogP contribution in [0.15, 0.2) is 0 Å². The van der Waals surface area contributed by atoms with Crippen molar-refractivity contribution in [1.29, 1.82) is 5.41 Å². The average molecular weight is 142 g/mol. The van der Waals surface area contributed by atoms with Crippen LogP contribution in [0.1, 0.15) is 13.3 Å². The van der Waals surface area contributed by atoms with Gasteiger partial charge < -0.3 is 5.41 Å². The highest BCUT2D eigenvalue weighted by molar-refractivity contribution is 6.28. The van der Waals surface area contributed by atoms with Gasteiger partial charge in [0.2, 0.25) is 0 Å². The van der Waals surface area contributed by atoms with E-state index in [-0.39, 0.29) is 12.4 Å². The second-order valence-corrected chi connectivity index (χ2v) is 1.36. The van der Waals surface area contributed by atoms with Gasteiger partial charge in [0.25, 0.3) is 0 Å². The van der Waals surface area contributed by atoms with Crippen molar-refractivity contribution < 1.29 is 0 Å². The molecule has 0 saturated heterocycles. The first-order valence-corrected chi connectivity index (χ1v) is 2.47. The van der Waals surface area contributed by atoms with E-state index in [1.165, 1.54) is 0 Å². The summed E-state index contributed by atoms with van der Waals surface area (Å²) in [5.41, 5.74) is 0.608. The molecule has 0 saturated carbocycles. The third kappa shape index (κ3) is 6.25. The lowest BCUT2D eigenvalue weighted by Gasteiger charge is -1.84. The zero-order chi connectivity index (χ0) is 4.99. The molecule has 0 aromatic rings. The Hall–Kier alpha value is 0.250. The Kier molecular flexibility index (Phi) is 9.17. The normalized spacial score (nSPS) is 7.14. The molecule has 0 unspecified atom stereocenters. The number of halogens is 2. The summed E-state index contributed by atoms with van der Waals surface area (Å²) < 4.78 is 0. The quantitative estimate of drug-likeness (QED) is 0.450.